The summed E-state index contributed by atoms with van der Waals surface area (Å²) in [6.45, 7) is 0.501. The molecule has 0 aromatic carbocycles. The van der Waals surface area contributed by atoms with E-state index in [1.165, 1.54) is 18.5 Å². The van der Waals surface area contributed by atoms with E-state index in [1.807, 2.05) is 0 Å². The summed E-state index contributed by atoms with van der Waals surface area (Å²) in [5.41, 5.74) is 5.64. The minimum absolute atomic E-state index is 0.0843. The first kappa shape index (κ1) is 13.7. The first-order valence-corrected chi connectivity index (χ1v) is 7.72. The Bertz CT molecular complexity index is 521. The van der Waals surface area contributed by atoms with Gasteiger partial charge in [0.05, 0.1) is 5.02 Å². The molecule has 0 amide bonds. The van der Waals surface area contributed by atoms with Gasteiger partial charge in [0.25, 0.3) is 0 Å². The number of sulfonamides is 1. The van der Waals surface area contributed by atoms with Crippen molar-refractivity contribution in [1.82, 2.24) is 9.71 Å². The number of nitrogens with zero attached hydrogens (tertiary/aromatic N) is 1. The first-order chi connectivity index (χ1) is 8.53. The van der Waals surface area contributed by atoms with Gasteiger partial charge in [-0.2, -0.15) is 0 Å². The van der Waals surface area contributed by atoms with Gasteiger partial charge < -0.3 is 5.73 Å². The molecule has 1 aromatic rings. The van der Waals surface area contributed by atoms with Gasteiger partial charge in [0.2, 0.25) is 10.0 Å². The summed E-state index contributed by atoms with van der Waals surface area (Å²) in [4.78, 5) is 3.88. The summed E-state index contributed by atoms with van der Waals surface area (Å²) in [7, 11) is -3.56. The number of nitrogens with one attached hydrogen (secondary N) is 1. The van der Waals surface area contributed by atoms with E-state index < -0.39 is 10.0 Å². The van der Waals surface area contributed by atoms with E-state index in [9.17, 15) is 8.42 Å². The van der Waals surface area contributed by atoms with Crippen LogP contribution in [0.4, 0.5) is 0 Å². The molecule has 18 heavy (non-hydrogen) atoms. The molecule has 2 rings (SSSR count). The van der Waals surface area contributed by atoms with Crippen molar-refractivity contribution in [3.8, 4) is 0 Å². The fourth-order valence-corrected chi connectivity index (χ4v) is 3.85. The molecule has 0 spiro atoms. The van der Waals surface area contributed by atoms with Gasteiger partial charge in [-0.1, -0.05) is 18.0 Å². The van der Waals surface area contributed by atoms with Crippen molar-refractivity contribution in [3.63, 3.8) is 0 Å². The van der Waals surface area contributed by atoms with Gasteiger partial charge in [-0.05, 0) is 31.4 Å². The fourth-order valence-electron chi connectivity index (χ4n) is 2.28. The quantitative estimate of drug-likeness (QED) is 0.870. The van der Waals surface area contributed by atoms with Crippen molar-refractivity contribution in [2.45, 2.75) is 30.2 Å². The lowest BCUT2D eigenvalue weighted by Crippen LogP contribution is -2.39. The van der Waals surface area contributed by atoms with Crippen LogP contribution in [-0.4, -0.2) is 26.0 Å². The highest BCUT2D eigenvalue weighted by molar-refractivity contribution is 7.89. The number of nitrogens with two attached hydrogens (primary N) is 1. The maximum absolute atomic E-state index is 12.2. The van der Waals surface area contributed by atoms with Gasteiger partial charge in [0.15, 0.2) is 0 Å². The zero-order valence-corrected chi connectivity index (χ0v) is 11.4. The fraction of sp³-hybridized carbons (Fsp3) is 0.545. The lowest BCUT2D eigenvalue weighted by Gasteiger charge is -2.19. The largest absolute Gasteiger partial charge is 0.330 e. The van der Waals surface area contributed by atoms with E-state index in [-0.39, 0.29) is 16.9 Å². The van der Waals surface area contributed by atoms with Crippen LogP contribution in [0.3, 0.4) is 0 Å². The second-order valence-electron chi connectivity index (χ2n) is 4.49. The smallest absolute Gasteiger partial charge is 0.242 e. The normalized spacial score (nSPS) is 24.3. The molecule has 7 heteroatoms. The molecule has 2 atom stereocenters. The van der Waals surface area contributed by atoms with Gasteiger partial charge in [0, 0.05) is 18.4 Å². The maximum Gasteiger partial charge on any atom is 0.242 e. The zero-order valence-electron chi connectivity index (χ0n) is 9.84. The van der Waals surface area contributed by atoms with E-state index >= 15 is 0 Å². The molecule has 0 aliphatic heterocycles. The van der Waals surface area contributed by atoms with Gasteiger partial charge >= 0.3 is 0 Å². The van der Waals surface area contributed by atoms with Crippen LogP contribution in [0.5, 0.6) is 0 Å². The van der Waals surface area contributed by atoms with Crippen LogP contribution < -0.4 is 10.5 Å². The second kappa shape index (κ2) is 5.52. The number of aromatic nitrogens is 1. The molecule has 0 bridgehead atoms. The Morgan fingerprint density at radius 2 is 2.22 bits per heavy atom. The third-order valence-electron chi connectivity index (χ3n) is 3.26. The summed E-state index contributed by atoms with van der Waals surface area (Å²) >= 11 is 5.75. The number of halogens is 1. The lowest BCUT2D eigenvalue weighted by atomic mass is 10.1. The molecule has 100 valence electrons. The molecule has 1 heterocycles. The van der Waals surface area contributed by atoms with Crippen LogP contribution in [0.1, 0.15) is 19.3 Å². The van der Waals surface area contributed by atoms with Gasteiger partial charge in [0.1, 0.15) is 4.90 Å². The molecule has 0 radical (unpaired) electrons. The molecule has 1 fully saturated rings. The highest BCUT2D eigenvalue weighted by Crippen LogP contribution is 2.26. The van der Waals surface area contributed by atoms with Crippen LogP contribution in [0, 0.1) is 5.92 Å². The molecule has 1 aliphatic carbocycles. The van der Waals surface area contributed by atoms with Crippen LogP contribution in [0.25, 0.3) is 0 Å². The van der Waals surface area contributed by atoms with E-state index in [0.717, 1.165) is 19.3 Å². The number of hydrogen-bond acceptors (Lipinski definition) is 4. The average Bonchev–Trinajstić information content (AvgIpc) is 2.75. The van der Waals surface area contributed by atoms with Crippen LogP contribution >= 0.6 is 11.6 Å². The molecule has 3 N–H and O–H groups in total. The van der Waals surface area contributed by atoms with Crippen molar-refractivity contribution in [3.05, 3.63) is 23.5 Å². The average molecular weight is 290 g/mol. The van der Waals surface area contributed by atoms with Crippen molar-refractivity contribution >= 4 is 21.6 Å². The Hall–Kier alpha value is -0.690. The summed E-state index contributed by atoms with van der Waals surface area (Å²) < 4.78 is 27.0. The highest BCUT2D eigenvalue weighted by atomic mass is 35.5. The number of hydrogen-bond donors (Lipinski definition) is 2. The van der Waals surface area contributed by atoms with Gasteiger partial charge in [-0.25, -0.2) is 13.1 Å². The second-order valence-corrected chi connectivity index (χ2v) is 6.64. The molecule has 1 aliphatic rings. The molecule has 1 saturated carbocycles. The summed E-state index contributed by atoms with van der Waals surface area (Å²) in [6.07, 6.45) is 5.49. The Kier molecular flexibility index (Phi) is 4.21. The maximum atomic E-state index is 12.2. The topological polar surface area (TPSA) is 85.1 Å². The van der Waals surface area contributed by atoms with Crippen molar-refractivity contribution in [1.29, 1.82) is 0 Å². The molecule has 1 aromatic heterocycles. The van der Waals surface area contributed by atoms with Crippen LogP contribution in [-0.2, 0) is 10.0 Å². The Morgan fingerprint density at radius 3 is 2.89 bits per heavy atom. The van der Waals surface area contributed by atoms with Crippen LogP contribution in [0.15, 0.2) is 23.4 Å². The summed E-state index contributed by atoms with van der Waals surface area (Å²) in [5, 5.41) is 0.305. The van der Waals surface area contributed by atoms with Gasteiger partial charge in [-0.15, -0.1) is 0 Å². The first-order valence-electron chi connectivity index (χ1n) is 5.86. The third kappa shape index (κ3) is 3.00. The predicted molar refractivity (Wildman–Crippen MR) is 69.8 cm³/mol. The minimum atomic E-state index is -3.56. The van der Waals surface area contributed by atoms with Crippen LogP contribution in [0.2, 0.25) is 5.02 Å². The Morgan fingerprint density at radius 1 is 1.44 bits per heavy atom. The number of pyridine rings is 1. The standard InChI is InChI=1S/C11H16ClN3O2S/c12-9-4-10(7-14-6-9)18(16,17)15-11-3-1-2-8(11)5-13/h4,6-8,11,15H,1-3,5,13H2. The lowest BCUT2D eigenvalue weighted by molar-refractivity contribution is 0.453. The third-order valence-corrected chi connectivity index (χ3v) is 4.92. The molecular weight excluding hydrogens is 274 g/mol. The zero-order chi connectivity index (χ0) is 13.2. The highest BCUT2D eigenvalue weighted by Gasteiger charge is 2.30. The van der Waals surface area contributed by atoms with Crippen molar-refractivity contribution in [2.75, 3.05) is 6.54 Å². The van der Waals surface area contributed by atoms with Crippen molar-refractivity contribution in [2.24, 2.45) is 11.7 Å². The van der Waals surface area contributed by atoms with Gasteiger partial charge in [-0.3, -0.25) is 4.98 Å². The Labute approximate surface area is 112 Å². The van der Waals surface area contributed by atoms with E-state index in [4.69, 9.17) is 17.3 Å². The minimum Gasteiger partial charge on any atom is -0.330 e. The molecular formula is C11H16ClN3O2S. The monoisotopic (exact) mass is 289 g/mol. The summed E-state index contributed by atoms with van der Waals surface area (Å²) in [6, 6.07) is 1.31. The molecule has 0 saturated heterocycles. The SMILES string of the molecule is NCC1CCCC1NS(=O)(=O)c1cncc(Cl)c1. The summed E-state index contributed by atoms with van der Waals surface area (Å²) in [5.74, 6) is 0.215. The predicted octanol–water partition coefficient (Wildman–Crippen LogP) is 1.14. The van der Waals surface area contributed by atoms with E-state index in [2.05, 4.69) is 9.71 Å². The number of rotatable bonds is 4. The van der Waals surface area contributed by atoms with E-state index in [0.29, 0.717) is 11.6 Å². The van der Waals surface area contributed by atoms with Crippen molar-refractivity contribution < 1.29 is 8.42 Å². The molecule has 5 nitrogen and oxygen atoms in total. The molecule has 2 unspecified atom stereocenters. The van der Waals surface area contributed by atoms with E-state index in [1.54, 1.807) is 0 Å². The Balaban J connectivity index is 2.17.